The van der Waals surface area contributed by atoms with Gasteiger partial charge < -0.3 is 10.2 Å². The van der Waals surface area contributed by atoms with Crippen molar-refractivity contribution in [1.29, 1.82) is 0 Å². The predicted octanol–water partition coefficient (Wildman–Crippen LogP) is 0.382. The van der Waals surface area contributed by atoms with Crippen molar-refractivity contribution < 1.29 is 22.5 Å². The zero-order valence-electron chi connectivity index (χ0n) is 16.5. The molecule has 0 radical (unpaired) electrons. The molecule has 1 saturated heterocycles. The second kappa shape index (κ2) is 9.47. The molecule has 2 aromatic carbocycles. The lowest BCUT2D eigenvalue weighted by Gasteiger charge is -2.31. The van der Waals surface area contributed by atoms with Gasteiger partial charge in [-0.25, -0.2) is 12.8 Å². The fraction of sp³-hybridized carbons (Fsp3) is 0.381. The number of halogens is 1. The van der Waals surface area contributed by atoms with Crippen LogP contribution in [0.15, 0.2) is 53.4 Å². The summed E-state index contributed by atoms with van der Waals surface area (Å²) in [5.41, 5.74) is 2.44. The molecule has 6 nitrogen and oxygen atoms in total. The lowest BCUT2D eigenvalue weighted by molar-refractivity contribution is -0.895. The van der Waals surface area contributed by atoms with Crippen molar-refractivity contribution >= 4 is 15.9 Å². The van der Waals surface area contributed by atoms with Crippen LogP contribution in [0, 0.1) is 12.7 Å². The molecule has 1 heterocycles. The summed E-state index contributed by atoms with van der Waals surface area (Å²) in [6, 6.07) is 13.0. The predicted molar refractivity (Wildman–Crippen MR) is 109 cm³/mol. The largest absolute Gasteiger partial charge is 0.351 e. The molecule has 29 heavy (non-hydrogen) atoms. The van der Waals surface area contributed by atoms with E-state index in [1.807, 2.05) is 12.1 Å². The third kappa shape index (κ3) is 5.62. The monoisotopic (exact) mass is 420 g/mol. The molecule has 1 amide bonds. The highest BCUT2D eigenvalue weighted by Gasteiger charge is 2.31. The van der Waals surface area contributed by atoms with Gasteiger partial charge in [0.2, 0.25) is 10.0 Å². The van der Waals surface area contributed by atoms with E-state index >= 15 is 0 Å². The van der Waals surface area contributed by atoms with E-state index in [4.69, 9.17) is 0 Å². The summed E-state index contributed by atoms with van der Waals surface area (Å²) in [5, 5.41) is 2.95. The summed E-state index contributed by atoms with van der Waals surface area (Å²) in [6.07, 6.45) is 0.789. The first-order chi connectivity index (χ1) is 13.9. The molecule has 0 saturated carbocycles. The van der Waals surface area contributed by atoms with E-state index in [2.05, 4.69) is 24.4 Å². The van der Waals surface area contributed by atoms with Gasteiger partial charge in [0, 0.05) is 6.54 Å². The summed E-state index contributed by atoms with van der Waals surface area (Å²) in [7, 11) is -3.63. The van der Waals surface area contributed by atoms with E-state index in [1.54, 1.807) is 0 Å². The maximum Gasteiger partial charge on any atom is 0.275 e. The van der Waals surface area contributed by atoms with Crippen LogP contribution in [-0.4, -0.2) is 57.9 Å². The Bertz CT molecular complexity index is 940. The molecule has 3 rings (SSSR count). The molecule has 0 unspecified atom stereocenters. The standard InChI is InChI=1S/C21H26FN3O3S/c1-17-4-2-3-5-18(17)10-11-23-21(26)16-24-12-14-25(15-13-24)29(27,28)20-8-6-19(22)7-9-20/h2-9H,10-16H2,1H3,(H,23,26)/p+1. The molecule has 0 bridgehead atoms. The number of carbonyl (C=O) groups is 1. The van der Waals surface area contributed by atoms with Gasteiger partial charge in [0.1, 0.15) is 5.82 Å². The van der Waals surface area contributed by atoms with Gasteiger partial charge in [-0.2, -0.15) is 4.31 Å². The lowest BCUT2D eigenvalue weighted by atomic mass is 10.1. The SMILES string of the molecule is Cc1ccccc1CCNC(=O)C[NH+]1CCN(S(=O)(=O)c2ccc(F)cc2)CC1. The Morgan fingerprint density at radius 1 is 1.10 bits per heavy atom. The van der Waals surface area contributed by atoms with Gasteiger partial charge >= 0.3 is 0 Å². The van der Waals surface area contributed by atoms with Crippen molar-refractivity contribution in [2.45, 2.75) is 18.2 Å². The molecule has 0 aliphatic carbocycles. The first kappa shape index (κ1) is 21.4. The Kier molecular flexibility index (Phi) is 7.00. The van der Waals surface area contributed by atoms with E-state index in [9.17, 15) is 17.6 Å². The highest BCUT2D eigenvalue weighted by Crippen LogP contribution is 2.16. The Morgan fingerprint density at radius 2 is 1.76 bits per heavy atom. The van der Waals surface area contributed by atoms with Gasteiger partial charge in [0.05, 0.1) is 31.1 Å². The first-order valence-corrected chi connectivity index (χ1v) is 11.2. The van der Waals surface area contributed by atoms with Crippen molar-refractivity contribution in [2.24, 2.45) is 0 Å². The Morgan fingerprint density at radius 3 is 2.41 bits per heavy atom. The quantitative estimate of drug-likeness (QED) is 0.681. The summed E-state index contributed by atoms with van der Waals surface area (Å²) in [5.74, 6) is -0.491. The van der Waals surface area contributed by atoms with Crippen molar-refractivity contribution in [3.63, 3.8) is 0 Å². The van der Waals surface area contributed by atoms with Gasteiger partial charge in [-0.1, -0.05) is 24.3 Å². The van der Waals surface area contributed by atoms with Crippen molar-refractivity contribution in [2.75, 3.05) is 39.3 Å². The summed E-state index contributed by atoms with van der Waals surface area (Å²) >= 11 is 0. The van der Waals surface area contributed by atoms with Gasteiger partial charge in [0.15, 0.2) is 6.54 Å². The second-order valence-corrected chi connectivity index (χ2v) is 9.25. The average Bonchev–Trinajstić information content (AvgIpc) is 2.70. The second-order valence-electron chi connectivity index (χ2n) is 7.31. The molecular weight excluding hydrogens is 393 g/mol. The minimum atomic E-state index is -3.63. The van der Waals surface area contributed by atoms with Gasteiger partial charge in [-0.3, -0.25) is 4.79 Å². The number of amides is 1. The van der Waals surface area contributed by atoms with Crippen LogP contribution in [0.5, 0.6) is 0 Å². The number of sulfonamides is 1. The number of quaternary nitrogens is 1. The Balaban J connectivity index is 1.44. The van der Waals surface area contributed by atoms with E-state index in [1.165, 1.54) is 27.6 Å². The van der Waals surface area contributed by atoms with Crippen LogP contribution >= 0.6 is 0 Å². The Hall–Kier alpha value is -2.29. The number of hydrogen-bond acceptors (Lipinski definition) is 3. The van der Waals surface area contributed by atoms with E-state index in [-0.39, 0.29) is 10.8 Å². The number of hydrogen-bond donors (Lipinski definition) is 2. The minimum Gasteiger partial charge on any atom is -0.351 e. The molecule has 0 spiro atoms. The molecule has 2 N–H and O–H groups in total. The van der Waals surface area contributed by atoms with Gasteiger partial charge in [-0.05, 0) is 48.7 Å². The van der Waals surface area contributed by atoms with Crippen LogP contribution in [0.25, 0.3) is 0 Å². The number of rotatable bonds is 7. The van der Waals surface area contributed by atoms with Crippen LogP contribution in [-0.2, 0) is 21.2 Å². The molecule has 2 aromatic rings. The molecule has 1 aliphatic rings. The number of nitrogens with zero attached hydrogens (tertiary/aromatic N) is 1. The van der Waals surface area contributed by atoms with Crippen LogP contribution in [0.4, 0.5) is 4.39 Å². The van der Waals surface area contributed by atoms with Crippen molar-refractivity contribution in [3.8, 4) is 0 Å². The van der Waals surface area contributed by atoms with Gasteiger partial charge in [0.25, 0.3) is 5.91 Å². The maximum absolute atomic E-state index is 13.0. The number of carbonyl (C=O) groups excluding carboxylic acids is 1. The lowest BCUT2D eigenvalue weighted by Crippen LogP contribution is -3.15. The number of nitrogens with one attached hydrogen (secondary N) is 2. The Labute approximate surface area is 171 Å². The first-order valence-electron chi connectivity index (χ1n) is 9.77. The molecule has 1 aliphatic heterocycles. The molecule has 156 valence electrons. The molecule has 1 fully saturated rings. The molecular formula is C21H27FN3O3S+. The number of benzene rings is 2. The van der Waals surface area contributed by atoms with Crippen LogP contribution in [0.2, 0.25) is 0 Å². The van der Waals surface area contributed by atoms with Crippen LogP contribution in [0.1, 0.15) is 11.1 Å². The third-order valence-electron chi connectivity index (χ3n) is 5.27. The maximum atomic E-state index is 13.0. The topological polar surface area (TPSA) is 70.9 Å². The minimum absolute atomic E-state index is 0.0246. The normalized spacial score (nSPS) is 15.9. The number of aryl methyl sites for hydroxylation is 1. The third-order valence-corrected chi connectivity index (χ3v) is 7.18. The average molecular weight is 421 g/mol. The summed E-state index contributed by atoms with van der Waals surface area (Å²) in [4.78, 5) is 13.4. The highest BCUT2D eigenvalue weighted by molar-refractivity contribution is 7.89. The summed E-state index contributed by atoms with van der Waals surface area (Å²) < 4.78 is 39.7. The highest BCUT2D eigenvalue weighted by atomic mass is 32.2. The molecule has 0 atom stereocenters. The van der Waals surface area contributed by atoms with Gasteiger partial charge in [-0.15, -0.1) is 0 Å². The van der Waals surface area contributed by atoms with Crippen molar-refractivity contribution in [1.82, 2.24) is 9.62 Å². The van der Waals surface area contributed by atoms with Crippen molar-refractivity contribution in [3.05, 3.63) is 65.5 Å². The van der Waals surface area contributed by atoms with E-state index in [0.29, 0.717) is 39.3 Å². The fourth-order valence-electron chi connectivity index (χ4n) is 3.49. The zero-order chi connectivity index (χ0) is 20.9. The van der Waals surface area contributed by atoms with Crippen LogP contribution in [0.3, 0.4) is 0 Å². The smallest absolute Gasteiger partial charge is 0.275 e. The fourth-order valence-corrected chi connectivity index (χ4v) is 4.93. The van der Waals surface area contributed by atoms with E-state index < -0.39 is 15.8 Å². The van der Waals surface area contributed by atoms with E-state index in [0.717, 1.165) is 23.5 Å². The molecule has 8 heteroatoms. The summed E-state index contributed by atoms with van der Waals surface area (Å²) in [6.45, 7) is 4.77. The zero-order valence-corrected chi connectivity index (χ0v) is 17.3. The van der Waals surface area contributed by atoms with Crippen LogP contribution < -0.4 is 10.2 Å². The number of piperazine rings is 1. The molecule has 0 aromatic heterocycles.